The minimum Gasteiger partial charge on any atom is -0.241 e. The number of para-hydroxylation sites is 1. The smallest absolute Gasteiger partial charge is 0.241 e. The average molecular weight is 327 g/mol. The van der Waals surface area contributed by atoms with Gasteiger partial charge in [-0.1, -0.05) is 56.7 Å². The van der Waals surface area contributed by atoms with Gasteiger partial charge in [0.1, 0.15) is 0 Å². The molecule has 3 rings (SSSR count). The Kier molecular flexibility index (Phi) is 3.60. The lowest BCUT2D eigenvalue weighted by molar-refractivity contribution is 0.584. The van der Waals surface area contributed by atoms with Crippen molar-refractivity contribution in [1.29, 1.82) is 0 Å². The van der Waals surface area contributed by atoms with Crippen molar-refractivity contribution in [3.8, 4) is 0 Å². The highest BCUT2D eigenvalue weighted by molar-refractivity contribution is 7.90. The molecule has 0 aliphatic rings. The summed E-state index contributed by atoms with van der Waals surface area (Å²) >= 11 is 0. The van der Waals surface area contributed by atoms with Gasteiger partial charge in [0.15, 0.2) is 0 Å². The molecule has 0 aliphatic heterocycles. The van der Waals surface area contributed by atoms with Gasteiger partial charge in [-0.15, -0.1) is 0 Å². The van der Waals surface area contributed by atoms with Crippen LogP contribution in [0.3, 0.4) is 0 Å². The molecule has 0 unspecified atom stereocenters. The first-order valence-corrected chi connectivity index (χ1v) is 9.08. The van der Waals surface area contributed by atoms with Crippen LogP contribution in [0.5, 0.6) is 0 Å². The van der Waals surface area contributed by atoms with E-state index in [0.29, 0.717) is 4.90 Å². The fourth-order valence-electron chi connectivity index (χ4n) is 2.77. The summed E-state index contributed by atoms with van der Waals surface area (Å²) in [5.41, 5.74) is 2.66. The Bertz CT molecular complexity index is 959. The van der Waals surface area contributed by atoms with Crippen LogP contribution in [0.25, 0.3) is 10.9 Å². The van der Waals surface area contributed by atoms with E-state index in [-0.39, 0.29) is 5.41 Å². The van der Waals surface area contributed by atoms with Crippen LogP contribution in [0.1, 0.15) is 31.9 Å². The summed E-state index contributed by atoms with van der Waals surface area (Å²) in [6.07, 6.45) is 1.76. The molecule has 1 heterocycles. The normalized spacial score (nSPS) is 12.7. The number of fused-ring (bicyclic) bond motifs is 1. The third kappa shape index (κ3) is 2.68. The van der Waals surface area contributed by atoms with Crippen LogP contribution in [0.2, 0.25) is 0 Å². The molecule has 0 saturated heterocycles. The Labute approximate surface area is 137 Å². The number of aromatic nitrogens is 1. The van der Waals surface area contributed by atoms with Crippen LogP contribution >= 0.6 is 0 Å². The highest BCUT2D eigenvalue weighted by Gasteiger charge is 2.25. The van der Waals surface area contributed by atoms with E-state index < -0.39 is 10.0 Å². The maximum atomic E-state index is 13.1. The molecule has 0 saturated carbocycles. The molecule has 0 bridgehead atoms. The predicted molar refractivity (Wildman–Crippen MR) is 94.4 cm³/mol. The Morgan fingerprint density at radius 2 is 1.52 bits per heavy atom. The molecule has 0 aliphatic carbocycles. The molecule has 0 spiro atoms. The number of rotatable bonds is 2. The first kappa shape index (κ1) is 15.8. The van der Waals surface area contributed by atoms with Crippen LogP contribution in [0.4, 0.5) is 0 Å². The molecule has 0 radical (unpaired) electrons. The third-order valence-corrected chi connectivity index (χ3v) is 5.75. The van der Waals surface area contributed by atoms with Gasteiger partial charge in [0.25, 0.3) is 10.0 Å². The van der Waals surface area contributed by atoms with E-state index in [9.17, 15) is 8.42 Å². The topological polar surface area (TPSA) is 39.1 Å². The monoisotopic (exact) mass is 327 g/mol. The number of benzene rings is 2. The fraction of sp³-hybridized carbons (Fsp3) is 0.263. The molecular formula is C19H21NO2S. The number of aryl methyl sites for hydroxylation is 1. The van der Waals surface area contributed by atoms with Gasteiger partial charge in [-0.2, -0.15) is 0 Å². The zero-order valence-electron chi connectivity index (χ0n) is 13.9. The first-order valence-electron chi connectivity index (χ1n) is 7.64. The van der Waals surface area contributed by atoms with Gasteiger partial charge in [0, 0.05) is 11.6 Å². The molecular weight excluding hydrogens is 306 g/mol. The van der Waals surface area contributed by atoms with Crippen molar-refractivity contribution in [2.24, 2.45) is 0 Å². The number of hydrogen-bond acceptors (Lipinski definition) is 2. The van der Waals surface area contributed by atoms with Crippen molar-refractivity contribution < 1.29 is 8.42 Å². The van der Waals surface area contributed by atoms with E-state index in [1.54, 1.807) is 18.3 Å². The second-order valence-electron chi connectivity index (χ2n) is 6.92. The van der Waals surface area contributed by atoms with Gasteiger partial charge in [-0.05, 0) is 36.1 Å². The molecule has 0 N–H and O–H groups in total. The zero-order chi connectivity index (χ0) is 16.8. The van der Waals surface area contributed by atoms with Crippen molar-refractivity contribution in [2.75, 3.05) is 0 Å². The average Bonchev–Trinajstić information content (AvgIpc) is 2.88. The zero-order valence-corrected chi connectivity index (χ0v) is 14.7. The van der Waals surface area contributed by atoms with Crippen LogP contribution in [0, 0.1) is 6.92 Å². The third-order valence-electron chi connectivity index (χ3n) is 4.06. The summed E-state index contributed by atoms with van der Waals surface area (Å²) in [7, 11) is -3.61. The lowest BCUT2D eigenvalue weighted by atomic mass is 9.87. The molecule has 2 aromatic carbocycles. The Balaban J connectivity index is 2.30. The van der Waals surface area contributed by atoms with Crippen molar-refractivity contribution in [3.05, 3.63) is 65.9 Å². The molecule has 3 nitrogen and oxygen atoms in total. The van der Waals surface area contributed by atoms with Gasteiger partial charge < -0.3 is 0 Å². The SMILES string of the molecule is Cc1ccc(S(=O)(=O)n2cc(C(C)(C)C)c3ccccc32)cc1. The summed E-state index contributed by atoms with van der Waals surface area (Å²) < 4.78 is 27.5. The van der Waals surface area contributed by atoms with E-state index in [0.717, 1.165) is 22.0 Å². The Morgan fingerprint density at radius 1 is 0.913 bits per heavy atom. The number of hydrogen-bond donors (Lipinski definition) is 0. The molecule has 0 amide bonds. The lowest BCUT2D eigenvalue weighted by Crippen LogP contribution is -2.13. The quantitative estimate of drug-likeness (QED) is 0.696. The summed E-state index contributed by atoms with van der Waals surface area (Å²) in [5, 5.41) is 0.982. The van der Waals surface area contributed by atoms with Gasteiger partial charge in [-0.3, -0.25) is 0 Å². The molecule has 4 heteroatoms. The minimum atomic E-state index is -3.61. The fourth-order valence-corrected chi connectivity index (χ4v) is 4.14. The summed E-state index contributed by atoms with van der Waals surface area (Å²) in [6.45, 7) is 8.23. The molecule has 1 aromatic heterocycles. The maximum absolute atomic E-state index is 13.1. The second-order valence-corrected chi connectivity index (χ2v) is 8.74. The van der Waals surface area contributed by atoms with E-state index in [1.165, 1.54) is 3.97 Å². The maximum Gasteiger partial charge on any atom is 0.268 e. The lowest BCUT2D eigenvalue weighted by Gasteiger charge is -2.17. The Hall–Kier alpha value is -2.07. The predicted octanol–water partition coefficient (Wildman–Crippen LogP) is 4.48. The van der Waals surface area contributed by atoms with Crippen LogP contribution in [-0.4, -0.2) is 12.4 Å². The van der Waals surface area contributed by atoms with Crippen molar-refractivity contribution in [2.45, 2.75) is 38.0 Å². The first-order chi connectivity index (χ1) is 10.7. The van der Waals surface area contributed by atoms with Crippen molar-refractivity contribution in [3.63, 3.8) is 0 Å². The van der Waals surface area contributed by atoms with Gasteiger partial charge in [-0.25, -0.2) is 12.4 Å². The van der Waals surface area contributed by atoms with Gasteiger partial charge in [0.2, 0.25) is 0 Å². The highest BCUT2D eigenvalue weighted by Crippen LogP contribution is 2.33. The summed E-state index contributed by atoms with van der Waals surface area (Å²) in [6, 6.07) is 14.6. The molecule has 0 atom stereocenters. The van der Waals surface area contributed by atoms with E-state index in [4.69, 9.17) is 0 Å². The van der Waals surface area contributed by atoms with Crippen molar-refractivity contribution in [1.82, 2.24) is 3.97 Å². The van der Waals surface area contributed by atoms with E-state index in [1.807, 2.05) is 43.3 Å². The summed E-state index contributed by atoms with van der Waals surface area (Å²) in [5.74, 6) is 0. The standard InChI is InChI=1S/C19H21NO2S/c1-14-9-11-15(12-10-14)23(21,22)20-13-17(19(2,3)4)16-7-5-6-8-18(16)20/h5-13H,1-4H3. The number of nitrogens with zero attached hydrogens (tertiary/aromatic N) is 1. The van der Waals surface area contributed by atoms with Crippen LogP contribution < -0.4 is 0 Å². The van der Waals surface area contributed by atoms with Gasteiger partial charge in [0.05, 0.1) is 10.4 Å². The molecule has 120 valence electrons. The second kappa shape index (κ2) is 5.24. The molecule has 0 fully saturated rings. The van der Waals surface area contributed by atoms with Crippen molar-refractivity contribution >= 4 is 20.9 Å². The summed E-state index contributed by atoms with van der Waals surface area (Å²) in [4.78, 5) is 0.310. The minimum absolute atomic E-state index is 0.131. The van der Waals surface area contributed by atoms with E-state index in [2.05, 4.69) is 20.8 Å². The van der Waals surface area contributed by atoms with Crippen LogP contribution in [0.15, 0.2) is 59.6 Å². The molecule has 3 aromatic rings. The van der Waals surface area contributed by atoms with E-state index >= 15 is 0 Å². The van der Waals surface area contributed by atoms with Crippen LogP contribution in [-0.2, 0) is 15.4 Å². The van der Waals surface area contributed by atoms with Gasteiger partial charge >= 0.3 is 0 Å². The Morgan fingerprint density at radius 3 is 2.13 bits per heavy atom. The molecule has 23 heavy (non-hydrogen) atoms. The highest BCUT2D eigenvalue weighted by atomic mass is 32.2. The largest absolute Gasteiger partial charge is 0.268 e.